The first-order valence-electron chi connectivity index (χ1n) is 4.82. The Morgan fingerprint density at radius 2 is 2.00 bits per heavy atom. The summed E-state index contributed by atoms with van der Waals surface area (Å²) < 4.78 is 0. The highest BCUT2D eigenvalue weighted by atomic mass is 35.5. The van der Waals surface area contributed by atoms with Crippen LogP contribution in [0.2, 0.25) is 10.0 Å². The number of benzene rings is 1. The van der Waals surface area contributed by atoms with E-state index in [0.29, 0.717) is 15.7 Å². The maximum atomic E-state index is 6.02. The first-order valence-corrected chi connectivity index (χ1v) is 6.73. The van der Waals surface area contributed by atoms with Gasteiger partial charge in [-0.05, 0) is 12.1 Å². The van der Waals surface area contributed by atoms with Gasteiger partial charge in [0.1, 0.15) is 0 Å². The Hall–Kier alpha value is -0.510. The molecule has 1 aromatic carbocycles. The molecule has 3 N–H and O–H groups in total. The fourth-order valence-electron chi connectivity index (χ4n) is 1.18. The van der Waals surface area contributed by atoms with E-state index < -0.39 is 0 Å². The van der Waals surface area contributed by atoms with Crippen LogP contribution in [-0.4, -0.2) is 18.1 Å². The smallest absolute Gasteiger partial charge is 0.0720 e. The summed E-state index contributed by atoms with van der Waals surface area (Å²) in [6.07, 6.45) is 1.88. The standard InChI is InChI=1S/C11H14Cl2N2S/c1-2-4-16-5-3-15-11-9(12)6-8(14)7-10(11)13/h2,6-7,15H,1,3-5,14H2. The lowest BCUT2D eigenvalue weighted by Crippen LogP contribution is -2.05. The van der Waals surface area contributed by atoms with Crippen molar-refractivity contribution in [3.05, 3.63) is 34.8 Å². The average molecular weight is 277 g/mol. The monoisotopic (exact) mass is 276 g/mol. The molecule has 0 spiro atoms. The van der Waals surface area contributed by atoms with Gasteiger partial charge in [-0.3, -0.25) is 0 Å². The van der Waals surface area contributed by atoms with E-state index in [4.69, 9.17) is 28.9 Å². The SMILES string of the molecule is C=CCSCCNc1c(Cl)cc(N)cc1Cl. The number of thioether (sulfide) groups is 1. The van der Waals surface area contributed by atoms with Gasteiger partial charge < -0.3 is 11.1 Å². The Kier molecular flexibility index (Phi) is 5.88. The van der Waals surface area contributed by atoms with E-state index in [9.17, 15) is 0 Å². The third kappa shape index (κ3) is 4.16. The highest BCUT2D eigenvalue weighted by molar-refractivity contribution is 7.99. The predicted octanol–water partition coefficient (Wildman–Crippen LogP) is 3.91. The molecule has 0 amide bonds. The summed E-state index contributed by atoms with van der Waals surface area (Å²) in [7, 11) is 0. The zero-order chi connectivity index (χ0) is 12.0. The summed E-state index contributed by atoms with van der Waals surface area (Å²) in [6.45, 7) is 4.46. The third-order valence-corrected chi connectivity index (χ3v) is 3.41. The van der Waals surface area contributed by atoms with Crippen LogP contribution in [0.25, 0.3) is 0 Å². The third-order valence-electron chi connectivity index (χ3n) is 1.85. The molecule has 0 radical (unpaired) electrons. The molecule has 0 unspecified atom stereocenters. The molecule has 16 heavy (non-hydrogen) atoms. The van der Waals surface area contributed by atoms with Gasteiger partial charge in [-0.1, -0.05) is 29.3 Å². The largest absolute Gasteiger partial charge is 0.399 e. The van der Waals surface area contributed by atoms with Gasteiger partial charge in [0.2, 0.25) is 0 Å². The Morgan fingerprint density at radius 3 is 2.56 bits per heavy atom. The number of hydrogen-bond donors (Lipinski definition) is 2. The summed E-state index contributed by atoms with van der Waals surface area (Å²) in [4.78, 5) is 0. The molecule has 0 atom stereocenters. The van der Waals surface area contributed by atoms with E-state index in [1.165, 1.54) is 0 Å². The maximum Gasteiger partial charge on any atom is 0.0720 e. The van der Waals surface area contributed by atoms with Crippen LogP contribution in [0.3, 0.4) is 0 Å². The average Bonchev–Trinajstić information content (AvgIpc) is 2.20. The van der Waals surface area contributed by atoms with Crippen molar-refractivity contribution >= 4 is 46.3 Å². The molecule has 2 nitrogen and oxygen atoms in total. The quantitative estimate of drug-likeness (QED) is 0.470. The van der Waals surface area contributed by atoms with Crippen LogP contribution in [-0.2, 0) is 0 Å². The molecule has 5 heteroatoms. The lowest BCUT2D eigenvalue weighted by atomic mass is 10.3. The van der Waals surface area contributed by atoms with Crippen LogP contribution in [0.5, 0.6) is 0 Å². The molecule has 0 bridgehead atoms. The van der Waals surface area contributed by atoms with Gasteiger partial charge in [0, 0.05) is 23.7 Å². The van der Waals surface area contributed by atoms with Crippen molar-refractivity contribution in [1.29, 1.82) is 0 Å². The van der Waals surface area contributed by atoms with Crippen molar-refractivity contribution in [1.82, 2.24) is 0 Å². The van der Waals surface area contributed by atoms with Gasteiger partial charge in [0.05, 0.1) is 15.7 Å². The first-order chi connectivity index (χ1) is 7.65. The zero-order valence-electron chi connectivity index (χ0n) is 8.80. The van der Waals surface area contributed by atoms with Gasteiger partial charge in [0.25, 0.3) is 0 Å². The molecule has 0 fully saturated rings. The van der Waals surface area contributed by atoms with E-state index in [2.05, 4.69) is 11.9 Å². The Labute approximate surface area is 110 Å². The molecular formula is C11H14Cl2N2S. The minimum absolute atomic E-state index is 0.554. The van der Waals surface area contributed by atoms with E-state index in [0.717, 1.165) is 23.7 Å². The van der Waals surface area contributed by atoms with Crippen molar-refractivity contribution in [2.24, 2.45) is 0 Å². The van der Waals surface area contributed by atoms with Crippen LogP contribution < -0.4 is 11.1 Å². The highest BCUT2D eigenvalue weighted by Crippen LogP contribution is 2.32. The number of rotatable bonds is 6. The molecule has 1 aromatic rings. The molecule has 0 aromatic heterocycles. The van der Waals surface area contributed by atoms with E-state index in [1.54, 1.807) is 23.9 Å². The number of nitrogens with one attached hydrogen (secondary N) is 1. The molecular weight excluding hydrogens is 263 g/mol. The molecule has 0 aliphatic heterocycles. The van der Waals surface area contributed by atoms with Crippen molar-refractivity contribution < 1.29 is 0 Å². The lowest BCUT2D eigenvalue weighted by Gasteiger charge is -2.10. The number of nitrogens with two attached hydrogens (primary N) is 1. The topological polar surface area (TPSA) is 38.0 Å². The fourth-order valence-corrected chi connectivity index (χ4v) is 2.39. The van der Waals surface area contributed by atoms with Crippen molar-refractivity contribution in [3.8, 4) is 0 Å². The fraction of sp³-hybridized carbons (Fsp3) is 0.273. The number of halogens is 2. The Bertz CT molecular complexity index is 346. The summed E-state index contributed by atoms with van der Waals surface area (Å²) in [6, 6.07) is 3.37. The molecule has 88 valence electrons. The molecule has 1 rings (SSSR count). The zero-order valence-corrected chi connectivity index (χ0v) is 11.1. The minimum atomic E-state index is 0.554. The second kappa shape index (κ2) is 6.94. The first kappa shape index (κ1) is 13.6. The number of nitrogen functional groups attached to an aromatic ring is 1. The number of anilines is 2. The Balaban J connectivity index is 2.50. The second-order valence-electron chi connectivity index (χ2n) is 3.15. The highest BCUT2D eigenvalue weighted by Gasteiger charge is 2.06. The van der Waals surface area contributed by atoms with Crippen molar-refractivity contribution in [3.63, 3.8) is 0 Å². The summed E-state index contributed by atoms with van der Waals surface area (Å²) in [5.74, 6) is 1.92. The summed E-state index contributed by atoms with van der Waals surface area (Å²) in [5, 5.41) is 4.30. The van der Waals surface area contributed by atoms with Gasteiger partial charge in [-0.15, -0.1) is 6.58 Å². The van der Waals surface area contributed by atoms with Crippen LogP contribution in [0.15, 0.2) is 24.8 Å². The molecule has 0 saturated heterocycles. The van der Waals surface area contributed by atoms with Crippen LogP contribution in [0.4, 0.5) is 11.4 Å². The molecule has 0 aliphatic rings. The summed E-state index contributed by atoms with van der Waals surface area (Å²) >= 11 is 13.8. The maximum absolute atomic E-state index is 6.02. The van der Waals surface area contributed by atoms with Crippen LogP contribution in [0, 0.1) is 0 Å². The van der Waals surface area contributed by atoms with Crippen molar-refractivity contribution in [2.45, 2.75) is 0 Å². The van der Waals surface area contributed by atoms with Crippen LogP contribution >= 0.6 is 35.0 Å². The number of hydrogen-bond acceptors (Lipinski definition) is 3. The van der Waals surface area contributed by atoms with E-state index in [-0.39, 0.29) is 0 Å². The normalized spacial score (nSPS) is 10.1. The minimum Gasteiger partial charge on any atom is -0.399 e. The van der Waals surface area contributed by atoms with Gasteiger partial charge >= 0.3 is 0 Å². The predicted molar refractivity (Wildman–Crippen MR) is 76.9 cm³/mol. The Morgan fingerprint density at radius 1 is 1.38 bits per heavy atom. The second-order valence-corrected chi connectivity index (χ2v) is 5.11. The van der Waals surface area contributed by atoms with Gasteiger partial charge in [-0.2, -0.15) is 11.8 Å². The van der Waals surface area contributed by atoms with Gasteiger partial charge in [0.15, 0.2) is 0 Å². The molecule has 0 aliphatic carbocycles. The molecule has 0 heterocycles. The summed E-state index contributed by atoms with van der Waals surface area (Å²) in [5.41, 5.74) is 6.93. The van der Waals surface area contributed by atoms with Gasteiger partial charge in [-0.25, -0.2) is 0 Å². The van der Waals surface area contributed by atoms with Crippen LogP contribution in [0.1, 0.15) is 0 Å². The molecule has 0 saturated carbocycles. The van der Waals surface area contributed by atoms with E-state index in [1.807, 2.05) is 6.08 Å². The lowest BCUT2D eigenvalue weighted by molar-refractivity contribution is 1.23. The van der Waals surface area contributed by atoms with E-state index >= 15 is 0 Å². The van der Waals surface area contributed by atoms with Crippen molar-refractivity contribution in [2.75, 3.05) is 29.1 Å².